The van der Waals surface area contributed by atoms with E-state index < -0.39 is 0 Å². The molecule has 1 heterocycles. The summed E-state index contributed by atoms with van der Waals surface area (Å²) in [6, 6.07) is 9.64. The molecule has 2 rings (SSSR count). The van der Waals surface area contributed by atoms with Crippen LogP contribution in [0.3, 0.4) is 0 Å². The molecule has 0 aliphatic heterocycles. The van der Waals surface area contributed by atoms with E-state index in [-0.39, 0.29) is 6.61 Å². The van der Waals surface area contributed by atoms with Crippen molar-refractivity contribution in [2.45, 2.75) is 20.1 Å². The molecule has 17 heavy (non-hydrogen) atoms. The molecule has 0 saturated carbocycles. The first-order chi connectivity index (χ1) is 8.28. The van der Waals surface area contributed by atoms with Crippen LogP contribution >= 0.6 is 0 Å². The molecule has 0 unspecified atom stereocenters. The minimum atomic E-state index is 0.0781. The fourth-order valence-electron chi connectivity index (χ4n) is 1.48. The van der Waals surface area contributed by atoms with Gasteiger partial charge >= 0.3 is 0 Å². The summed E-state index contributed by atoms with van der Waals surface area (Å²) in [5.41, 5.74) is 2.99. The number of nitrogens with one attached hydrogen (secondary N) is 1. The van der Waals surface area contributed by atoms with E-state index in [0.29, 0.717) is 12.5 Å². The Hall–Kier alpha value is -1.94. The zero-order valence-electron chi connectivity index (χ0n) is 9.72. The van der Waals surface area contributed by atoms with Crippen LogP contribution in [0.5, 0.6) is 0 Å². The van der Waals surface area contributed by atoms with Crippen LogP contribution < -0.4 is 5.32 Å². The lowest BCUT2D eigenvalue weighted by Crippen LogP contribution is -2.03. The number of aryl methyl sites for hydroxylation is 1. The van der Waals surface area contributed by atoms with Gasteiger partial charge in [-0.15, -0.1) is 0 Å². The summed E-state index contributed by atoms with van der Waals surface area (Å²) in [6.07, 6.45) is 1.74. The summed E-state index contributed by atoms with van der Waals surface area (Å²) in [7, 11) is 0. The fraction of sp³-hybridized carbons (Fsp3) is 0.231. The Bertz CT molecular complexity index is 482. The number of aliphatic hydroxyl groups excluding tert-OH is 1. The van der Waals surface area contributed by atoms with E-state index in [0.717, 1.165) is 16.8 Å². The molecule has 2 N–H and O–H groups in total. The van der Waals surface area contributed by atoms with Gasteiger partial charge in [-0.3, -0.25) is 0 Å². The predicted molar refractivity (Wildman–Crippen MR) is 66.5 cm³/mol. The van der Waals surface area contributed by atoms with Gasteiger partial charge in [0.25, 0.3) is 0 Å². The number of anilines is 1. The first kappa shape index (κ1) is 11.5. The molecule has 0 aliphatic rings. The predicted octanol–water partition coefficient (Wildman–Crippen LogP) is 1.89. The number of hydrogen-bond donors (Lipinski definition) is 2. The van der Waals surface area contributed by atoms with Crippen molar-refractivity contribution in [1.29, 1.82) is 0 Å². The molecule has 0 saturated heterocycles. The van der Waals surface area contributed by atoms with Gasteiger partial charge in [0.1, 0.15) is 0 Å². The molecule has 0 spiro atoms. The highest BCUT2D eigenvalue weighted by Gasteiger charge is 1.97. The Balaban J connectivity index is 1.97. The monoisotopic (exact) mass is 229 g/mol. The Morgan fingerprint density at radius 3 is 2.47 bits per heavy atom. The van der Waals surface area contributed by atoms with Crippen LogP contribution in [0.25, 0.3) is 0 Å². The van der Waals surface area contributed by atoms with Crippen LogP contribution in [0.15, 0.2) is 36.5 Å². The third kappa shape index (κ3) is 3.26. The van der Waals surface area contributed by atoms with E-state index in [4.69, 9.17) is 5.11 Å². The molecule has 4 heteroatoms. The molecule has 0 aliphatic carbocycles. The number of hydrogen-bond acceptors (Lipinski definition) is 4. The molecule has 1 aromatic carbocycles. The average Bonchev–Trinajstić information content (AvgIpc) is 2.37. The van der Waals surface area contributed by atoms with Crippen molar-refractivity contribution in [1.82, 2.24) is 9.97 Å². The maximum Gasteiger partial charge on any atom is 0.223 e. The smallest absolute Gasteiger partial charge is 0.223 e. The molecule has 0 atom stereocenters. The second-order valence-corrected chi connectivity index (χ2v) is 3.85. The molecule has 1 aromatic heterocycles. The van der Waals surface area contributed by atoms with E-state index >= 15 is 0 Å². The van der Waals surface area contributed by atoms with Crippen molar-refractivity contribution in [3.63, 3.8) is 0 Å². The Morgan fingerprint density at radius 1 is 1.12 bits per heavy atom. The standard InChI is InChI=1S/C13H15N3O/c1-10-6-7-14-13(16-10)15-8-11-2-4-12(9-17)5-3-11/h2-7,17H,8-9H2,1H3,(H,14,15,16). The summed E-state index contributed by atoms with van der Waals surface area (Å²) in [5, 5.41) is 12.1. The van der Waals surface area contributed by atoms with Crippen molar-refractivity contribution in [3.8, 4) is 0 Å². The number of benzene rings is 1. The van der Waals surface area contributed by atoms with Gasteiger partial charge in [0.2, 0.25) is 5.95 Å². The average molecular weight is 229 g/mol. The lowest BCUT2D eigenvalue weighted by Gasteiger charge is -2.05. The van der Waals surface area contributed by atoms with Crippen LogP contribution in [0, 0.1) is 6.92 Å². The Labute approximate surface area is 100 Å². The minimum absolute atomic E-state index is 0.0781. The summed E-state index contributed by atoms with van der Waals surface area (Å²) < 4.78 is 0. The van der Waals surface area contributed by atoms with Gasteiger partial charge in [-0.1, -0.05) is 24.3 Å². The Morgan fingerprint density at radius 2 is 1.82 bits per heavy atom. The largest absolute Gasteiger partial charge is 0.392 e. The van der Waals surface area contributed by atoms with Crippen molar-refractivity contribution >= 4 is 5.95 Å². The number of aliphatic hydroxyl groups is 1. The van der Waals surface area contributed by atoms with Crippen molar-refractivity contribution < 1.29 is 5.11 Å². The Kier molecular flexibility index (Phi) is 3.67. The summed E-state index contributed by atoms with van der Waals surface area (Å²) in [6.45, 7) is 2.69. The van der Waals surface area contributed by atoms with Crippen molar-refractivity contribution in [3.05, 3.63) is 53.3 Å². The van der Waals surface area contributed by atoms with Gasteiger partial charge in [-0.25, -0.2) is 9.97 Å². The van der Waals surface area contributed by atoms with E-state index in [1.807, 2.05) is 37.3 Å². The third-order valence-electron chi connectivity index (χ3n) is 2.45. The van der Waals surface area contributed by atoms with Crippen LogP contribution in [0.1, 0.15) is 16.8 Å². The second-order valence-electron chi connectivity index (χ2n) is 3.85. The van der Waals surface area contributed by atoms with Crippen molar-refractivity contribution in [2.24, 2.45) is 0 Å². The SMILES string of the molecule is Cc1ccnc(NCc2ccc(CO)cc2)n1. The van der Waals surface area contributed by atoms with Crippen molar-refractivity contribution in [2.75, 3.05) is 5.32 Å². The van der Waals surface area contributed by atoms with E-state index in [9.17, 15) is 0 Å². The molecule has 0 amide bonds. The highest BCUT2D eigenvalue weighted by atomic mass is 16.3. The number of nitrogens with zero attached hydrogens (tertiary/aromatic N) is 2. The van der Waals surface area contributed by atoms with Gasteiger partial charge in [0.15, 0.2) is 0 Å². The maximum atomic E-state index is 8.93. The van der Waals surface area contributed by atoms with E-state index in [1.54, 1.807) is 6.20 Å². The normalized spacial score (nSPS) is 10.2. The molecule has 0 bridgehead atoms. The molecule has 0 fully saturated rings. The molecule has 4 nitrogen and oxygen atoms in total. The lowest BCUT2D eigenvalue weighted by molar-refractivity contribution is 0.282. The van der Waals surface area contributed by atoms with Gasteiger partial charge in [-0.2, -0.15) is 0 Å². The zero-order chi connectivity index (χ0) is 12.1. The van der Waals surface area contributed by atoms with Gasteiger partial charge < -0.3 is 10.4 Å². The van der Waals surface area contributed by atoms with Crippen LogP contribution in [0.4, 0.5) is 5.95 Å². The quantitative estimate of drug-likeness (QED) is 0.840. The second kappa shape index (κ2) is 5.41. The molecular formula is C13H15N3O. The molecule has 2 aromatic rings. The first-order valence-corrected chi connectivity index (χ1v) is 5.50. The minimum Gasteiger partial charge on any atom is -0.392 e. The van der Waals surface area contributed by atoms with E-state index in [1.165, 1.54) is 0 Å². The molecule has 0 radical (unpaired) electrons. The van der Waals surface area contributed by atoms with Crippen LogP contribution in [-0.4, -0.2) is 15.1 Å². The van der Waals surface area contributed by atoms with Crippen LogP contribution in [-0.2, 0) is 13.2 Å². The highest BCUT2D eigenvalue weighted by Crippen LogP contribution is 2.06. The summed E-state index contributed by atoms with van der Waals surface area (Å²) in [4.78, 5) is 8.39. The highest BCUT2D eigenvalue weighted by molar-refractivity contribution is 5.29. The van der Waals surface area contributed by atoms with E-state index in [2.05, 4.69) is 15.3 Å². The first-order valence-electron chi connectivity index (χ1n) is 5.50. The fourth-order valence-corrected chi connectivity index (χ4v) is 1.48. The number of aromatic nitrogens is 2. The maximum absolute atomic E-state index is 8.93. The van der Waals surface area contributed by atoms with Gasteiger partial charge in [0.05, 0.1) is 6.61 Å². The zero-order valence-corrected chi connectivity index (χ0v) is 9.72. The summed E-state index contributed by atoms with van der Waals surface area (Å²) >= 11 is 0. The van der Waals surface area contributed by atoms with Gasteiger partial charge in [0, 0.05) is 18.4 Å². The summed E-state index contributed by atoms with van der Waals surface area (Å²) in [5.74, 6) is 0.635. The molecule has 88 valence electrons. The third-order valence-corrected chi connectivity index (χ3v) is 2.45. The topological polar surface area (TPSA) is 58.0 Å². The molecular weight excluding hydrogens is 214 g/mol. The van der Waals surface area contributed by atoms with Crippen LogP contribution in [0.2, 0.25) is 0 Å². The number of rotatable bonds is 4. The van der Waals surface area contributed by atoms with Gasteiger partial charge in [-0.05, 0) is 24.1 Å². The lowest BCUT2D eigenvalue weighted by atomic mass is 10.1.